The van der Waals surface area contributed by atoms with Crippen LogP contribution < -0.4 is 10.4 Å². The van der Waals surface area contributed by atoms with Gasteiger partial charge in [-0.15, -0.1) is 0 Å². The van der Waals surface area contributed by atoms with Crippen molar-refractivity contribution < 1.29 is 9.15 Å². The first-order valence-electron chi connectivity index (χ1n) is 7.78. The van der Waals surface area contributed by atoms with Crippen LogP contribution in [0.25, 0.3) is 11.0 Å². The van der Waals surface area contributed by atoms with Gasteiger partial charge in [0.05, 0.1) is 0 Å². The van der Waals surface area contributed by atoms with E-state index in [4.69, 9.17) is 32.4 Å². The molecule has 4 rings (SSSR count). The monoisotopic (exact) mass is 360 g/mol. The van der Waals surface area contributed by atoms with Crippen LogP contribution in [0.1, 0.15) is 23.1 Å². The average Bonchev–Trinajstić information content (AvgIpc) is 3.05. The number of benzene rings is 2. The van der Waals surface area contributed by atoms with E-state index in [1.54, 1.807) is 24.3 Å². The molecule has 0 saturated heterocycles. The summed E-state index contributed by atoms with van der Waals surface area (Å²) in [5.74, 6) is 0.611. The van der Waals surface area contributed by atoms with Crippen LogP contribution in [0.4, 0.5) is 0 Å². The molecule has 0 radical (unpaired) electrons. The summed E-state index contributed by atoms with van der Waals surface area (Å²) in [6, 6.07) is 10.9. The summed E-state index contributed by atoms with van der Waals surface area (Å²) >= 11 is 12.3. The van der Waals surface area contributed by atoms with E-state index in [0.29, 0.717) is 21.4 Å². The largest absolute Gasteiger partial charge is 0.489 e. The quantitative estimate of drug-likeness (QED) is 0.605. The van der Waals surface area contributed by atoms with Crippen LogP contribution in [0.15, 0.2) is 45.6 Å². The van der Waals surface area contributed by atoms with Crippen LogP contribution in [0.3, 0.4) is 0 Å². The Bertz CT molecular complexity index is 972. The number of ether oxygens (including phenoxy) is 1. The minimum Gasteiger partial charge on any atom is -0.489 e. The fraction of sp³-hybridized carbons (Fsp3) is 0.211. The Morgan fingerprint density at radius 1 is 1.04 bits per heavy atom. The summed E-state index contributed by atoms with van der Waals surface area (Å²) in [6.45, 7) is 0.249. The molecule has 24 heavy (non-hydrogen) atoms. The molecular formula is C19H14Cl2O3. The van der Waals surface area contributed by atoms with Gasteiger partial charge in [-0.05, 0) is 49.1 Å². The highest BCUT2D eigenvalue weighted by Crippen LogP contribution is 2.31. The van der Waals surface area contributed by atoms with Gasteiger partial charge in [0.15, 0.2) is 0 Å². The Labute approximate surface area is 148 Å². The van der Waals surface area contributed by atoms with Crippen molar-refractivity contribution in [2.75, 3.05) is 0 Å². The van der Waals surface area contributed by atoms with Crippen molar-refractivity contribution in [2.45, 2.75) is 25.9 Å². The second-order valence-electron chi connectivity index (χ2n) is 5.85. The van der Waals surface area contributed by atoms with E-state index in [0.717, 1.165) is 41.3 Å². The Hall–Kier alpha value is -1.97. The third-order valence-electron chi connectivity index (χ3n) is 4.39. The van der Waals surface area contributed by atoms with Crippen LogP contribution in [0.2, 0.25) is 10.0 Å². The van der Waals surface area contributed by atoms with E-state index in [1.165, 1.54) is 0 Å². The zero-order valence-electron chi connectivity index (χ0n) is 12.8. The van der Waals surface area contributed by atoms with Gasteiger partial charge in [-0.1, -0.05) is 29.3 Å². The lowest BCUT2D eigenvalue weighted by Crippen LogP contribution is -2.07. The average molecular weight is 361 g/mol. The second-order valence-corrected chi connectivity index (χ2v) is 6.66. The third kappa shape index (κ3) is 2.68. The molecule has 1 aromatic heterocycles. The van der Waals surface area contributed by atoms with Crippen LogP contribution in [0.5, 0.6) is 5.75 Å². The molecule has 3 aromatic rings. The Kier molecular flexibility index (Phi) is 3.99. The molecule has 0 spiro atoms. The summed E-state index contributed by atoms with van der Waals surface area (Å²) in [5.41, 5.74) is 2.99. The molecule has 1 heterocycles. The number of rotatable bonds is 3. The minimum absolute atomic E-state index is 0.235. The smallest absolute Gasteiger partial charge is 0.339 e. The molecule has 3 nitrogen and oxygen atoms in total. The van der Waals surface area contributed by atoms with Gasteiger partial charge < -0.3 is 9.15 Å². The predicted molar refractivity (Wildman–Crippen MR) is 95.3 cm³/mol. The first-order chi connectivity index (χ1) is 11.6. The maximum Gasteiger partial charge on any atom is 0.339 e. The Morgan fingerprint density at radius 3 is 2.58 bits per heavy atom. The van der Waals surface area contributed by atoms with E-state index in [-0.39, 0.29) is 12.2 Å². The number of aryl methyl sites for hydroxylation is 1. The molecule has 0 atom stereocenters. The van der Waals surface area contributed by atoms with E-state index >= 15 is 0 Å². The van der Waals surface area contributed by atoms with Crippen molar-refractivity contribution in [1.82, 2.24) is 0 Å². The van der Waals surface area contributed by atoms with Crippen molar-refractivity contribution in [3.8, 4) is 5.75 Å². The highest BCUT2D eigenvalue weighted by atomic mass is 35.5. The zero-order valence-corrected chi connectivity index (χ0v) is 14.3. The van der Waals surface area contributed by atoms with Gasteiger partial charge in [-0.25, -0.2) is 4.79 Å². The number of halogens is 2. The maximum atomic E-state index is 12.1. The lowest BCUT2D eigenvalue weighted by Gasteiger charge is -2.10. The Balaban J connectivity index is 1.67. The summed E-state index contributed by atoms with van der Waals surface area (Å²) in [6.07, 6.45) is 2.73. The van der Waals surface area contributed by atoms with Gasteiger partial charge in [-0.2, -0.15) is 0 Å². The zero-order chi connectivity index (χ0) is 16.7. The first-order valence-corrected chi connectivity index (χ1v) is 8.53. The lowest BCUT2D eigenvalue weighted by molar-refractivity contribution is 0.306. The van der Waals surface area contributed by atoms with E-state index in [2.05, 4.69) is 0 Å². The van der Waals surface area contributed by atoms with Crippen molar-refractivity contribution >= 4 is 34.2 Å². The standard InChI is InChI=1S/C19H14Cl2O3/c20-16-5-2-6-17(21)15(16)10-23-11-7-8-13-12-3-1-4-14(12)19(22)24-18(13)9-11/h2,5-9H,1,3-4,10H2. The topological polar surface area (TPSA) is 39.4 Å². The highest BCUT2D eigenvalue weighted by molar-refractivity contribution is 6.35. The van der Waals surface area contributed by atoms with E-state index in [1.807, 2.05) is 12.1 Å². The van der Waals surface area contributed by atoms with Crippen LogP contribution in [-0.4, -0.2) is 0 Å². The van der Waals surface area contributed by atoms with Crippen molar-refractivity contribution in [1.29, 1.82) is 0 Å². The van der Waals surface area contributed by atoms with Gasteiger partial charge in [0.2, 0.25) is 0 Å². The minimum atomic E-state index is -0.235. The van der Waals surface area contributed by atoms with Crippen molar-refractivity contribution in [2.24, 2.45) is 0 Å². The molecule has 1 aliphatic carbocycles. The van der Waals surface area contributed by atoms with Gasteiger partial charge in [0.1, 0.15) is 17.9 Å². The molecule has 122 valence electrons. The van der Waals surface area contributed by atoms with Crippen LogP contribution in [-0.2, 0) is 19.4 Å². The molecular weight excluding hydrogens is 347 g/mol. The van der Waals surface area contributed by atoms with Crippen LogP contribution >= 0.6 is 23.2 Å². The van der Waals surface area contributed by atoms with E-state index in [9.17, 15) is 4.79 Å². The molecule has 0 amide bonds. The lowest BCUT2D eigenvalue weighted by atomic mass is 10.1. The summed E-state index contributed by atoms with van der Waals surface area (Å²) in [7, 11) is 0. The normalized spacial score (nSPS) is 13.2. The van der Waals surface area contributed by atoms with E-state index < -0.39 is 0 Å². The molecule has 2 aromatic carbocycles. The van der Waals surface area contributed by atoms with Crippen molar-refractivity contribution in [3.05, 3.63) is 73.6 Å². The second kappa shape index (κ2) is 6.15. The number of fused-ring (bicyclic) bond motifs is 3. The fourth-order valence-electron chi connectivity index (χ4n) is 3.18. The highest BCUT2D eigenvalue weighted by Gasteiger charge is 2.19. The SMILES string of the molecule is O=c1oc2cc(OCc3c(Cl)cccc3Cl)ccc2c2c1CCC2. The molecule has 0 N–H and O–H groups in total. The van der Waals surface area contributed by atoms with Crippen LogP contribution in [0, 0.1) is 0 Å². The summed E-state index contributed by atoms with van der Waals surface area (Å²) < 4.78 is 11.2. The molecule has 1 aliphatic rings. The molecule has 0 bridgehead atoms. The van der Waals surface area contributed by atoms with Gasteiger partial charge in [0.25, 0.3) is 0 Å². The van der Waals surface area contributed by atoms with Gasteiger partial charge in [-0.3, -0.25) is 0 Å². The van der Waals surface area contributed by atoms with Gasteiger partial charge in [0, 0.05) is 32.6 Å². The fourth-order valence-corrected chi connectivity index (χ4v) is 3.69. The summed E-state index contributed by atoms with van der Waals surface area (Å²) in [5, 5.41) is 2.12. The molecule has 5 heteroatoms. The first kappa shape index (κ1) is 15.6. The number of hydrogen-bond acceptors (Lipinski definition) is 3. The maximum absolute atomic E-state index is 12.1. The summed E-state index contributed by atoms with van der Waals surface area (Å²) in [4.78, 5) is 12.1. The van der Waals surface area contributed by atoms with Crippen molar-refractivity contribution in [3.63, 3.8) is 0 Å². The Morgan fingerprint density at radius 2 is 1.79 bits per heavy atom. The predicted octanol–water partition coefficient (Wildman–Crippen LogP) is 5.17. The number of hydrogen-bond donors (Lipinski definition) is 0. The molecule has 0 fully saturated rings. The molecule has 0 saturated carbocycles. The third-order valence-corrected chi connectivity index (χ3v) is 5.10. The molecule has 0 unspecified atom stereocenters. The molecule has 0 aliphatic heterocycles. The van der Waals surface area contributed by atoms with Gasteiger partial charge >= 0.3 is 5.63 Å².